The summed E-state index contributed by atoms with van der Waals surface area (Å²) in [6, 6.07) is 4.82. The molecule has 0 bridgehead atoms. The Balaban J connectivity index is 2.24. The van der Waals surface area contributed by atoms with E-state index in [0.29, 0.717) is 17.8 Å². The smallest absolute Gasteiger partial charge is 0.319 e. The number of unbranched alkanes of at least 4 members (excludes halogenated alkanes) is 3. The summed E-state index contributed by atoms with van der Waals surface area (Å²) in [4.78, 5) is 23.0. The molecule has 3 amide bonds. The third kappa shape index (κ3) is 7.68. The number of carbonyl (C=O) groups excluding carboxylic acids is 2. The summed E-state index contributed by atoms with van der Waals surface area (Å²) in [5.41, 5.74) is 7.13. The zero-order valence-corrected chi connectivity index (χ0v) is 14.4. The van der Waals surface area contributed by atoms with Gasteiger partial charge in [0.1, 0.15) is 0 Å². The third-order valence-corrected chi connectivity index (χ3v) is 3.74. The molecule has 1 aromatic rings. The molecule has 1 rings (SSSR count). The lowest BCUT2D eigenvalue weighted by Gasteiger charge is -2.10. The number of nitrogens with two attached hydrogens (primary N) is 1. The number of anilines is 1. The van der Waals surface area contributed by atoms with E-state index in [1.807, 2.05) is 0 Å². The molecule has 5 heteroatoms. The third-order valence-electron chi connectivity index (χ3n) is 3.74. The van der Waals surface area contributed by atoms with E-state index in [2.05, 4.69) is 24.5 Å². The molecule has 4 N–H and O–H groups in total. The van der Waals surface area contributed by atoms with Crippen LogP contribution in [0.4, 0.5) is 10.5 Å². The van der Waals surface area contributed by atoms with Gasteiger partial charge in [0.05, 0.1) is 0 Å². The zero-order valence-electron chi connectivity index (χ0n) is 14.4. The van der Waals surface area contributed by atoms with Crippen molar-refractivity contribution in [1.29, 1.82) is 0 Å². The number of nitrogens with one attached hydrogen (secondary N) is 2. The number of hydrogen-bond acceptors (Lipinski definition) is 2. The van der Waals surface area contributed by atoms with E-state index in [4.69, 9.17) is 5.73 Å². The van der Waals surface area contributed by atoms with Crippen molar-refractivity contribution in [1.82, 2.24) is 5.32 Å². The van der Waals surface area contributed by atoms with Crippen molar-refractivity contribution >= 4 is 17.6 Å². The topological polar surface area (TPSA) is 84.2 Å². The van der Waals surface area contributed by atoms with Crippen molar-refractivity contribution < 1.29 is 9.59 Å². The lowest BCUT2D eigenvalue weighted by molar-refractivity contribution is 0.0999. The first-order chi connectivity index (χ1) is 10.9. The quantitative estimate of drug-likeness (QED) is 0.604. The van der Waals surface area contributed by atoms with Gasteiger partial charge in [-0.3, -0.25) is 4.79 Å². The molecular formula is C18H29N3O2. The SMILES string of the molecule is Cc1cc(NC(=O)NCCCCCCC(C)C)ccc1C(N)=O. The van der Waals surface area contributed by atoms with Gasteiger partial charge in [0.15, 0.2) is 0 Å². The van der Waals surface area contributed by atoms with Crippen LogP contribution in [0.1, 0.15) is 61.9 Å². The van der Waals surface area contributed by atoms with Crippen molar-refractivity contribution in [2.24, 2.45) is 11.7 Å². The molecule has 5 nitrogen and oxygen atoms in total. The molecule has 0 aromatic heterocycles. The summed E-state index contributed by atoms with van der Waals surface area (Å²) in [6.45, 7) is 6.94. The van der Waals surface area contributed by atoms with E-state index >= 15 is 0 Å². The summed E-state index contributed by atoms with van der Waals surface area (Å²) in [7, 11) is 0. The molecule has 0 saturated heterocycles. The largest absolute Gasteiger partial charge is 0.366 e. The predicted octanol–water partition coefficient (Wildman–Crippen LogP) is 3.82. The highest BCUT2D eigenvalue weighted by Crippen LogP contribution is 2.14. The Morgan fingerprint density at radius 2 is 1.83 bits per heavy atom. The minimum Gasteiger partial charge on any atom is -0.366 e. The van der Waals surface area contributed by atoms with Gasteiger partial charge in [-0.2, -0.15) is 0 Å². The monoisotopic (exact) mass is 319 g/mol. The molecule has 0 spiro atoms. The van der Waals surface area contributed by atoms with Crippen LogP contribution in [-0.4, -0.2) is 18.5 Å². The minimum absolute atomic E-state index is 0.224. The number of rotatable bonds is 9. The molecule has 0 atom stereocenters. The number of carbonyl (C=O) groups is 2. The lowest BCUT2D eigenvalue weighted by atomic mass is 10.0. The number of primary amides is 1. The molecule has 0 aliphatic rings. The molecular weight excluding hydrogens is 290 g/mol. The second kappa shape index (κ2) is 9.87. The fourth-order valence-electron chi connectivity index (χ4n) is 2.43. The van der Waals surface area contributed by atoms with E-state index in [1.54, 1.807) is 25.1 Å². The van der Waals surface area contributed by atoms with Crippen LogP contribution in [0.3, 0.4) is 0 Å². The molecule has 0 aliphatic heterocycles. The summed E-state index contributed by atoms with van der Waals surface area (Å²) in [5.74, 6) is 0.305. The second-order valence-electron chi connectivity index (χ2n) is 6.37. The van der Waals surface area contributed by atoms with Crippen molar-refractivity contribution in [3.8, 4) is 0 Å². The fraction of sp³-hybridized carbons (Fsp3) is 0.556. The number of aryl methyl sites for hydroxylation is 1. The molecule has 23 heavy (non-hydrogen) atoms. The minimum atomic E-state index is -0.462. The van der Waals surface area contributed by atoms with Gasteiger partial charge >= 0.3 is 6.03 Å². The zero-order chi connectivity index (χ0) is 17.2. The van der Waals surface area contributed by atoms with E-state index in [9.17, 15) is 9.59 Å². The molecule has 0 unspecified atom stereocenters. The Labute approximate surface area is 139 Å². The summed E-state index contributed by atoms with van der Waals surface area (Å²) >= 11 is 0. The van der Waals surface area contributed by atoms with Gasteiger partial charge in [0.2, 0.25) is 5.91 Å². The molecule has 128 valence electrons. The lowest BCUT2D eigenvalue weighted by Crippen LogP contribution is -2.29. The molecule has 0 saturated carbocycles. The normalized spacial score (nSPS) is 10.6. The summed E-state index contributed by atoms with van der Waals surface area (Å²) < 4.78 is 0. The maximum absolute atomic E-state index is 11.8. The van der Waals surface area contributed by atoms with E-state index in [0.717, 1.165) is 24.3 Å². The average molecular weight is 319 g/mol. The van der Waals surface area contributed by atoms with Crippen LogP contribution in [0.5, 0.6) is 0 Å². The highest BCUT2D eigenvalue weighted by Gasteiger charge is 2.07. The Kier molecular flexibility index (Phi) is 8.16. The van der Waals surface area contributed by atoms with Crippen LogP contribution in [-0.2, 0) is 0 Å². The van der Waals surface area contributed by atoms with Gasteiger partial charge in [0, 0.05) is 17.8 Å². The fourth-order valence-corrected chi connectivity index (χ4v) is 2.43. The van der Waals surface area contributed by atoms with Gasteiger partial charge < -0.3 is 16.4 Å². The number of amides is 3. The maximum Gasteiger partial charge on any atom is 0.319 e. The van der Waals surface area contributed by atoms with Crippen molar-refractivity contribution in [2.45, 2.75) is 52.9 Å². The molecule has 0 heterocycles. The van der Waals surface area contributed by atoms with Crippen LogP contribution in [0.2, 0.25) is 0 Å². The maximum atomic E-state index is 11.8. The number of urea groups is 1. The number of benzene rings is 1. The Bertz CT molecular complexity index is 527. The molecule has 1 aromatic carbocycles. The highest BCUT2D eigenvalue weighted by molar-refractivity contribution is 5.95. The van der Waals surface area contributed by atoms with E-state index in [-0.39, 0.29) is 6.03 Å². The van der Waals surface area contributed by atoms with Crippen LogP contribution < -0.4 is 16.4 Å². The summed E-state index contributed by atoms with van der Waals surface area (Å²) in [5, 5.41) is 5.61. The average Bonchev–Trinajstić information content (AvgIpc) is 2.45. The first-order valence-electron chi connectivity index (χ1n) is 8.35. The van der Waals surface area contributed by atoms with E-state index < -0.39 is 5.91 Å². The van der Waals surface area contributed by atoms with Crippen molar-refractivity contribution in [2.75, 3.05) is 11.9 Å². The van der Waals surface area contributed by atoms with Gasteiger partial charge in [-0.15, -0.1) is 0 Å². The molecule has 0 radical (unpaired) electrons. The van der Waals surface area contributed by atoms with Gasteiger partial charge in [-0.25, -0.2) is 4.79 Å². The first kappa shape index (κ1) is 19.0. The molecule has 0 aliphatic carbocycles. The second-order valence-corrected chi connectivity index (χ2v) is 6.37. The first-order valence-corrected chi connectivity index (χ1v) is 8.35. The van der Waals surface area contributed by atoms with Crippen molar-refractivity contribution in [3.05, 3.63) is 29.3 Å². The Morgan fingerprint density at radius 1 is 1.13 bits per heavy atom. The number of hydrogen-bond donors (Lipinski definition) is 3. The van der Waals surface area contributed by atoms with E-state index in [1.165, 1.54) is 19.3 Å². The van der Waals surface area contributed by atoms with Gasteiger partial charge in [-0.05, 0) is 43.0 Å². The highest BCUT2D eigenvalue weighted by atomic mass is 16.2. The Morgan fingerprint density at radius 3 is 2.43 bits per heavy atom. The molecule has 0 fully saturated rings. The standard InChI is InChI=1S/C18H29N3O2/c1-13(2)8-6-4-5-7-11-20-18(23)21-15-9-10-16(17(19)22)14(3)12-15/h9-10,12-13H,4-8,11H2,1-3H3,(H2,19,22)(H2,20,21,23). The van der Waals surface area contributed by atoms with Gasteiger partial charge in [-0.1, -0.05) is 39.5 Å². The Hall–Kier alpha value is -2.04. The van der Waals surface area contributed by atoms with Gasteiger partial charge in [0.25, 0.3) is 0 Å². The van der Waals surface area contributed by atoms with Crippen LogP contribution in [0.15, 0.2) is 18.2 Å². The predicted molar refractivity (Wildman–Crippen MR) is 94.6 cm³/mol. The summed E-state index contributed by atoms with van der Waals surface area (Å²) in [6.07, 6.45) is 5.88. The van der Waals surface area contributed by atoms with Crippen LogP contribution in [0.25, 0.3) is 0 Å². The van der Waals surface area contributed by atoms with Crippen LogP contribution in [0, 0.1) is 12.8 Å². The van der Waals surface area contributed by atoms with Crippen LogP contribution >= 0.6 is 0 Å². The van der Waals surface area contributed by atoms with Crippen molar-refractivity contribution in [3.63, 3.8) is 0 Å².